The molecule has 6 nitrogen and oxygen atoms in total. The monoisotopic (exact) mass is 260 g/mol. The Morgan fingerprint density at radius 1 is 1.16 bits per heavy atom. The molecule has 0 spiro atoms. The summed E-state index contributed by atoms with van der Waals surface area (Å²) >= 11 is 0. The van der Waals surface area contributed by atoms with Gasteiger partial charge in [-0.25, -0.2) is 9.97 Å². The predicted molar refractivity (Wildman–Crippen MR) is 74.5 cm³/mol. The first-order chi connectivity index (χ1) is 9.28. The van der Waals surface area contributed by atoms with Gasteiger partial charge in [0.2, 0.25) is 5.95 Å². The third-order valence-corrected chi connectivity index (χ3v) is 2.74. The van der Waals surface area contributed by atoms with Gasteiger partial charge in [-0.2, -0.15) is 9.67 Å². The van der Waals surface area contributed by atoms with Crippen molar-refractivity contribution in [2.24, 2.45) is 0 Å². The molecule has 2 aromatic rings. The fraction of sp³-hybridized carbons (Fsp3) is 0.538. The van der Waals surface area contributed by atoms with E-state index >= 15 is 0 Å². The lowest BCUT2D eigenvalue weighted by Crippen LogP contribution is -2.09. The molecule has 6 heteroatoms. The molecule has 0 aromatic carbocycles. The maximum atomic E-state index is 4.49. The van der Waals surface area contributed by atoms with E-state index in [-0.39, 0.29) is 0 Å². The molecular formula is C13H20N6. The summed E-state index contributed by atoms with van der Waals surface area (Å²) in [5, 5.41) is 7.66. The molecule has 0 amide bonds. The lowest BCUT2D eigenvalue weighted by atomic mass is 10.4. The van der Waals surface area contributed by atoms with Crippen LogP contribution in [0.2, 0.25) is 0 Å². The van der Waals surface area contributed by atoms with Gasteiger partial charge in [0.1, 0.15) is 5.82 Å². The Balaban J connectivity index is 2.32. The van der Waals surface area contributed by atoms with E-state index in [4.69, 9.17) is 0 Å². The number of hydrogen-bond donors (Lipinski definition) is 1. The van der Waals surface area contributed by atoms with Crippen LogP contribution in [0.1, 0.15) is 38.8 Å². The van der Waals surface area contributed by atoms with Crippen LogP contribution in [0.4, 0.5) is 5.95 Å². The molecule has 2 heterocycles. The standard InChI is InChI=1S/C13H20N6/c1-4-8-14-13-15-9-7-12(17-13)19-11(6-3)16-10(5-2)18-19/h7,9H,4-6,8H2,1-3H3,(H,14,15,17). The molecule has 0 atom stereocenters. The smallest absolute Gasteiger partial charge is 0.224 e. The van der Waals surface area contributed by atoms with Crippen molar-refractivity contribution in [3.63, 3.8) is 0 Å². The molecule has 0 bridgehead atoms. The van der Waals surface area contributed by atoms with Crippen LogP contribution in [0.3, 0.4) is 0 Å². The van der Waals surface area contributed by atoms with Crippen molar-refractivity contribution in [3.05, 3.63) is 23.9 Å². The lowest BCUT2D eigenvalue weighted by molar-refractivity contribution is 0.765. The van der Waals surface area contributed by atoms with Gasteiger partial charge < -0.3 is 5.32 Å². The minimum Gasteiger partial charge on any atom is -0.354 e. The van der Waals surface area contributed by atoms with Gasteiger partial charge in [0, 0.05) is 31.6 Å². The molecule has 0 unspecified atom stereocenters. The molecule has 0 radical (unpaired) electrons. The molecule has 2 aromatic heterocycles. The minimum absolute atomic E-state index is 0.634. The van der Waals surface area contributed by atoms with Crippen molar-refractivity contribution in [2.45, 2.75) is 40.0 Å². The largest absolute Gasteiger partial charge is 0.354 e. The summed E-state index contributed by atoms with van der Waals surface area (Å²) in [5.41, 5.74) is 0. The van der Waals surface area contributed by atoms with Crippen molar-refractivity contribution in [1.29, 1.82) is 0 Å². The Labute approximate surface area is 113 Å². The first-order valence-corrected chi connectivity index (χ1v) is 6.80. The number of nitrogens with zero attached hydrogens (tertiary/aromatic N) is 5. The zero-order chi connectivity index (χ0) is 13.7. The van der Waals surface area contributed by atoms with Crippen LogP contribution in [-0.4, -0.2) is 31.3 Å². The Bertz CT molecular complexity index is 534. The summed E-state index contributed by atoms with van der Waals surface area (Å²) in [6.07, 6.45) is 4.44. The molecule has 0 fully saturated rings. The zero-order valence-electron chi connectivity index (χ0n) is 11.7. The van der Waals surface area contributed by atoms with Gasteiger partial charge in [0.15, 0.2) is 11.6 Å². The molecule has 19 heavy (non-hydrogen) atoms. The first kappa shape index (κ1) is 13.5. The Hall–Kier alpha value is -1.98. The van der Waals surface area contributed by atoms with Crippen molar-refractivity contribution < 1.29 is 0 Å². The highest BCUT2D eigenvalue weighted by atomic mass is 15.4. The van der Waals surface area contributed by atoms with Crippen LogP contribution in [-0.2, 0) is 12.8 Å². The Kier molecular flexibility index (Phi) is 4.43. The van der Waals surface area contributed by atoms with E-state index in [1.165, 1.54) is 0 Å². The molecule has 2 rings (SSSR count). The fourth-order valence-electron chi connectivity index (χ4n) is 1.74. The second kappa shape index (κ2) is 6.26. The molecule has 0 aliphatic carbocycles. The summed E-state index contributed by atoms with van der Waals surface area (Å²) in [7, 11) is 0. The number of rotatable bonds is 6. The average Bonchev–Trinajstić information content (AvgIpc) is 2.89. The molecule has 0 saturated carbocycles. The van der Waals surface area contributed by atoms with E-state index in [0.717, 1.165) is 43.3 Å². The van der Waals surface area contributed by atoms with E-state index < -0.39 is 0 Å². The topological polar surface area (TPSA) is 68.5 Å². The number of nitrogens with one attached hydrogen (secondary N) is 1. The Morgan fingerprint density at radius 2 is 2.00 bits per heavy atom. The molecule has 1 N–H and O–H groups in total. The summed E-state index contributed by atoms with van der Waals surface area (Å²) in [6, 6.07) is 1.85. The lowest BCUT2D eigenvalue weighted by Gasteiger charge is -2.06. The van der Waals surface area contributed by atoms with Crippen LogP contribution in [0.25, 0.3) is 5.82 Å². The van der Waals surface area contributed by atoms with E-state index in [2.05, 4.69) is 39.2 Å². The van der Waals surface area contributed by atoms with E-state index in [1.807, 2.05) is 13.0 Å². The van der Waals surface area contributed by atoms with Gasteiger partial charge in [-0.3, -0.25) is 0 Å². The maximum Gasteiger partial charge on any atom is 0.224 e. The van der Waals surface area contributed by atoms with Crippen molar-refractivity contribution >= 4 is 5.95 Å². The maximum absolute atomic E-state index is 4.49. The SMILES string of the molecule is CCCNc1nccc(-n2nc(CC)nc2CC)n1. The second-order valence-corrected chi connectivity index (χ2v) is 4.23. The third kappa shape index (κ3) is 3.07. The van der Waals surface area contributed by atoms with Gasteiger partial charge in [-0.1, -0.05) is 20.8 Å². The summed E-state index contributed by atoms with van der Waals surface area (Å²) in [6.45, 7) is 7.09. The normalized spacial score (nSPS) is 10.7. The average molecular weight is 260 g/mol. The van der Waals surface area contributed by atoms with Gasteiger partial charge in [0.05, 0.1) is 0 Å². The van der Waals surface area contributed by atoms with Crippen molar-refractivity contribution in [3.8, 4) is 5.82 Å². The third-order valence-electron chi connectivity index (χ3n) is 2.74. The van der Waals surface area contributed by atoms with Crippen LogP contribution >= 0.6 is 0 Å². The van der Waals surface area contributed by atoms with Crippen LogP contribution in [0.15, 0.2) is 12.3 Å². The molecule has 0 aliphatic heterocycles. The van der Waals surface area contributed by atoms with E-state index in [9.17, 15) is 0 Å². The van der Waals surface area contributed by atoms with Crippen LogP contribution < -0.4 is 5.32 Å². The predicted octanol–water partition coefficient (Wildman–Crippen LogP) is 2.00. The van der Waals surface area contributed by atoms with Gasteiger partial charge in [0.25, 0.3) is 0 Å². The summed E-state index contributed by atoms with van der Waals surface area (Å²) in [5.74, 6) is 3.17. The van der Waals surface area contributed by atoms with Gasteiger partial charge in [-0.05, 0) is 6.42 Å². The highest BCUT2D eigenvalue weighted by molar-refractivity contribution is 5.31. The second-order valence-electron chi connectivity index (χ2n) is 4.23. The van der Waals surface area contributed by atoms with Gasteiger partial charge >= 0.3 is 0 Å². The van der Waals surface area contributed by atoms with E-state index in [1.54, 1.807) is 10.9 Å². The molecule has 102 valence electrons. The number of hydrogen-bond acceptors (Lipinski definition) is 5. The zero-order valence-corrected chi connectivity index (χ0v) is 11.7. The first-order valence-electron chi connectivity index (χ1n) is 6.80. The molecule has 0 saturated heterocycles. The van der Waals surface area contributed by atoms with Crippen molar-refractivity contribution in [2.75, 3.05) is 11.9 Å². The Morgan fingerprint density at radius 3 is 2.68 bits per heavy atom. The molecular weight excluding hydrogens is 240 g/mol. The van der Waals surface area contributed by atoms with Crippen LogP contribution in [0.5, 0.6) is 0 Å². The van der Waals surface area contributed by atoms with E-state index in [0.29, 0.717) is 5.95 Å². The highest BCUT2D eigenvalue weighted by Gasteiger charge is 2.10. The van der Waals surface area contributed by atoms with Crippen LogP contribution in [0, 0.1) is 0 Å². The number of anilines is 1. The fourth-order valence-corrected chi connectivity index (χ4v) is 1.74. The van der Waals surface area contributed by atoms with Crippen molar-refractivity contribution in [1.82, 2.24) is 24.7 Å². The summed E-state index contributed by atoms with van der Waals surface area (Å²) in [4.78, 5) is 13.2. The minimum atomic E-state index is 0.634. The number of aromatic nitrogens is 5. The van der Waals surface area contributed by atoms with Gasteiger partial charge in [-0.15, -0.1) is 5.10 Å². The number of aryl methyl sites for hydroxylation is 2. The molecule has 0 aliphatic rings. The quantitative estimate of drug-likeness (QED) is 0.860. The summed E-state index contributed by atoms with van der Waals surface area (Å²) < 4.78 is 1.80. The highest BCUT2D eigenvalue weighted by Crippen LogP contribution is 2.10.